The Hall–Kier alpha value is -3.58. The van der Waals surface area contributed by atoms with Crippen molar-refractivity contribution in [3.8, 4) is 11.5 Å². The van der Waals surface area contributed by atoms with Crippen LogP contribution in [0.25, 0.3) is 5.76 Å². The average molecular weight is 437 g/mol. The van der Waals surface area contributed by atoms with Gasteiger partial charge in [0.05, 0.1) is 18.7 Å². The summed E-state index contributed by atoms with van der Waals surface area (Å²) in [6.45, 7) is 4.88. The number of methoxy groups -OCH3 is 1. The zero-order valence-electron chi connectivity index (χ0n) is 18.6. The van der Waals surface area contributed by atoms with E-state index in [1.54, 1.807) is 55.7 Å². The number of ketones is 1. The molecule has 0 aromatic heterocycles. The Balaban J connectivity index is 2.11. The van der Waals surface area contributed by atoms with Gasteiger partial charge in [-0.3, -0.25) is 9.59 Å². The average Bonchev–Trinajstić information content (AvgIpc) is 3.06. The number of amides is 1. The Bertz CT molecular complexity index is 1030. The molecule has 3 rings (SSSR count). The van der Waals surface area contributed by atoms with Crippen LogP contribution in [-0.2, 0) is 9.59 Å². The van der Waals surface area contributed by atoms with Crippen molar-refractivity contribution in [2.24, 2.45) is 0 Å². The van der Waals surface area contributed by atoms with E-state index in [0.717, 1.165) is 0 Å². The van der Waals surface area contributed by atoms with Crippen LogP contribution in [0, 0.1) is 0 Å². The zero-order valence-corrected chi connectivity index (χ0v) is 18.6. The first-order chi connectivity index (χ1) is 15.4. The summed E-state index contributed by atoms with van der Waals surface area (Å²) in [5.74, 6) is -0.355. The fourth-order valence-corrected chi connectivity index (χ4v) is 3.60. The molecule has 7 heteroatoms. The lowest BCUT2D eigenvalue weighted by atomic mass is 9.95. The lowest BCUT2D eigenvalue weighted by Gasteiger charge is -2.27. The molecule has 1 heterocycles. The summed E-state index contributed by atoms with van der Waals surface area (Å²) >= 11 is 0. The van der Waals surface area contributed by atoms with Crippen molar-refractivity contribution in [1.29, 1.82) is 0 Å². The molecule has 2 aromatic rings. The van der Waals surface area contributed by atoms with Crippen LogP contribution in [-0.4, -0.2) is 67.5 Å². The van der Waals surface area contributed by atoms with E-state index in [4.69, 9.17) is 9.47 Å². The van der Waals surface area contributed by atoms with E-state index >= 15 is 0 Å². The number of carbonyl (C=O) groups is 2. The summed E-state index contributed by atoms with van der Waals surface area (Å²) < 4.78 is 10.8. The molecule has 0 bridgehead atoms. The molecule has 1 fully saturated rings. The third-order valence-corrected chi connectivity index (χ3v) is 5.23. The highest BCUT2D eigenvalue weighted by Crippen LogP contribution is 2.40. The Morgan fingerprint density at radius 2 is 1.88 bits per heavy atom. The minimum atomic E-state index is -0.732. The van der Waals surface area contributed by atoms with Gasteiger partial charge < -0.3 is 24.4 Å². The second kappa shape index (κ2) is 10.2. The monoisotopic (exact) mass is 436 g/mol. The van der Waals surface area contributed by atoms with Gasteiger partial charge in [-0.05, 0) is 56.1 Å². The van der Waals surface area contributed by atoms with Crippen LogP contribution in [0.15, 0.2) is 66.8 Å². The molecule has 0 radical (unpaired) electrons. The van der Waals surface area contributed by atoms with Crippen LogP contribution in [0.4, 0.5) is 0 Å². The molecular weight excluding hydrogens is 408 g/mol. The van der Waals surface area contributed by atoms with Crippen molar-refractivity contribution >= 4 is 17.4 Å². The van der Waals surface area contributed by atoms with Crippen LogP contribution in [0.2, 0.25) is 0 Å². The van der Waals surface area contributed by atoms with Gasteiger partial charge >= 0.3 is 0 Å². The predicted molar refractivity (Wildman–Crippen MR) is 123 cm³/mol. The van der Waals surface area contributed by atoms with Gasteiger partial charge in [0.15, 0.2) is 0 Å². The molecule has 32 heavy (non-hydrogen) atoms. The maximum Gasteiger partial charge on any atom is 0.295 e. The largest absolute Gasteiger partial charge is 0.507 e. The fraction of sp³-hybridized carbons (Fsp3) is 0.280. The number of rotatable bonds is 9. The number of aliphatic hydroxyl groups is 1. The van der Waals surface area contributed by atoms with E-state index in [-0.39, 0.29) is 11.3 Å². The first-order valence-corrected chi connectivity index (χ1v) is 10.3. The SMILES string of the molecule is C=CCOc1cccc(C2C(=C(O)c3ccc(OC)cc3)C(=O)C(=O)N2CCN(C)C)c1. The second-order valence-corrected chi connectivity index (χ2v) is 7.70. The highest BCUT2D eigenvalue weighted by Gasteiger charge is 2.46. The molecule has 0 aliphatic carbocycles. The van der Waals surface area contributed by atoms with E-state index in [2.05, 4.69) is 6.58 Å². The number of nitrogens with zero attached hydrogens (tertiary/aromatic N) is 2. The van der Waals surface area contributed by atoms with Crippen LogP contribution in [0.1, 0.15) is 17.2 Å². The summed E-state index contributed by atoms with van der Waals surface area (Å²) in [4.78, 5) is 29.4. The minimum absolute atomic E-state index is 0.0554. The van der Waals surface area contributed by atoms with Crippen molar-refractivity contribution in [3.05, 3.63) is 77.9 Å². The number of hydrogen-bond donors (Lipinski definition) is 1. The molecule has 1 atom stereocenters. The highest BCUT2D eigenvalue weighted by atomic mass is 16.5. The molecule has 168 valence electrons. The lowest BCUT2D eigenvalue weighted by molar-refractivity contribution is -0.140. The van der Waals surface area contributed by atoms with E-state index in [1.165, 1.54) is 4.90 Å². The zero-order chi connectivity index (χ0) is 23.3. The number of ether oxygens (including phenoxy) is 2. The van der Waals surface area contributed by atoms with E-state index < -0.39 is 17.7 Å². The number of hydrogen-bond acceptors (Lipinski definition) is 6. The second-order valence-electron chi connectivity index (χ2n) is 7.70. The molecule has 0 saturated carbocycles. The van der Waals surface area contributed by atoms with Gasteiger partial charge in [-0.25, -0.2) is 0 Å². The van der Waals surface area contributed by atoms with Gasteiger partial charge in [-0.1, -0.05) is 24.8 Å². The number of Topliss-reactive ketones (excluding diaryl/α,β-unsaturated/α-hetero) is 1. The van der Waals surface area contributed by atoms with Crippen LogP contribution in [0.5, 0.6) is 11.5 Å². The van der Waals surface area contributed by atoms with Crippen LogP contribution >= 0.6 is 0 Å². The molecule has 2 aromatic carbocycles. The molecule has 0 spiro atoms. The Kier molecular flexibility index (Phi) is 7.33. The number of benzene rings is 2. The summed E-state index contributed by atoms with van der Waals surface area (Å²) in [5.41, 5.74) is 1.17. The molecule has 7 nitrogen and oxygen atoms in total. The Labute approximate surface area is 188 Å². The normalized spacial score (nSPS) is 17.6. The van der Waals surface area contributed by atoms with Crippen molar-refractivity contribution in [1.82, 2.24) is 9.80 Å². The fourth-order valence-electron chi connectivity index (χ4n) is 3.60. The topological polar surface area (TPSA) is 79.3 Å². The quantitative estimate of drug-likeness (QED) is 0.281. The Morgan fingerprint density at radius 3 is 2.50 bits per heavy atom. The van der Waals surface area contributed by atoms with Gasteiger partial charge in [-0.15, -0.1) is 0 Å². The van der Waals surface area contributed by atoms with Gasteiger partial charge in [0.1, 0.15) is 23.9 Å². The van der Waals surface area contributed by atoms with Gasteiger partial charge in [-0.2, -0.15) is 0 Å². The predicted octanol–water partition coefficient (Wildman–Crippen LogP) is 3.24. The maximum absolute atomic E-state index is 13.0. The number of aliphatic hydroxyl groups excluding tert-OH is 1. The third-order valence-electron chi connectivity index (χ3n) is 5.23. The van der Waals surface area contributed by atoms with Crippen molar-refractivity contribution in [3.63, 3.8) is 0 Å². The van der Waals surface area contributed by atoms with Gasteiger partial charge in [0.2, 0.25) is 0 Å². The first kappa shape index (κ1) is 23.1. The number of likely N-dealkylation sites (N-methyl/N-ethyl adjacent to an activating group) is 1. The van der Waals surface area contributed by atoms with Crippen molar-refractivity contribution in [2.75, 3.05) is 40.9 Å². The standard InChI is InChI=1S/C25H28N2O5/c1-5-15-32-20-8-6-7-18(16-20)22-21(23(28)17-9-11-19(31-4)12-10-17)24(29)25(30)27(22)14-13-26(2)3/h5-12,16,22,28H,1,13-15H2,2-4H3. The maximum atomic E-state index is 13.0. The first-order valence-electron chi connectivity index (χ1n) is 10.3. The number of likely N-dealkylation sites (tertiary alicyclic amines) is 1. The van der Waals surface area contributed by atoms with Crippen LogP contribution in [0.3, 0.4) is 0 Å². The summed E-state index contributed by atoms with van der Waals surface area (Å²) in [6, 6.07) is 13.2. The van der Waals surface area contributed by atoms with Crippen molar-refractivity contribution < 1.29 is 24.2 Å². The summed E-state index contributed by atoms with van der Waals surface area (Å²) in [6.07, 6.45) is 1.64. The molecular formula is C25H28N2O5. The molecule has 1 saturated heterocycles. The summed E-state index contributed by atoms with van der Waals surface area (Å²) in [5, 5.41) is 11.1. The molecule has 1 N–H and O–H groups in total. The summed E-state index contributed by atoms with van der Waals surface area (Å²) in [7, 11) is 5.34. The van der Waals surface area contributed by atoms with E-state index in [1.807, 2.05) is 25.1 Å². The highest BCUT2D eigenvalue weighted by molar-refractivity contribution is 6.46. The minimum Gasteiger partial charge on any atom is -0.507 e. The number of carbonyl (C=O) groups excluding carboxylic acids is 2. The van der Waals surface area contributed by atoms with Gasteiger partial charge in [0.25, 0.3) is 11.7 Å². The molecule has 1 amide bonds. The van der Waals surface area contributed by atoms with E-state index in [0.29, 0.717) is 42.3 Å². The van der Waals surface area contributed by atoms with E-state index in [9.17, 15) is 14.7 Å². The molecule has 1 unspecified atom stereocenters. The Morgan fingerprint density at radius 1 is 1.16 bits per heavy atom. The lowest BCUT2D eigenvalue weighted by Crippen LogP contribution is -2.35. The van der Waals surface area contributed by atoms with Crippen molar-refractivity contribution in [2.45, 2.75) is 6.04 Å². The smallest absolute Gasteiger partial charge is 0.295 e. The van der Waals surface area contributed by atoms with Crippen LogP contribution < -0.4 is 9.47 Å². The molecule has 1 aliphatic rings. The van der Waals surface area contributed by atoms with Gasteiger partial charge in [0, 0.05) is 18.7 Å². The molecule has 1 aliphatic heterocycles. The third kappa shape index (κ3) is 4.84.